The van der Waals surface area contributed by atoms with Crippen LogP contribution in [0.25, 0.3) is 0 Å². The van der Waals surface area contributed by atoms with Crippen LogP contribution in [0.4, 0.5) is 0 Å². The van der Waals surface area contributed by atoms with Crippen molar-refractivity contribution in [2.45, 2.75) is 25.8 Å². The van der Waals surface area contributed by atoms with E-state index >= 15 is 0 Å². The van der Waals surface area contributed by atoms with Gasteiger partial charge in [-0.05, 0) is 25.6 Å². The van der Waals surface area contributed by atoms with Crippen LogP contribution < -0.4 is 10.6 Å². The third-order valence-corrected chi connectivity index (χ3v) is 2.03. The molecule has 1 heterocycles. The average Bonchev–Trinajstić information content (AvgIpc) is 2.09. The zero-order chi connectivity index (χ0) is 7.78. The number of carbonyl (C=O) groups is 1. The molecule has 0 aromatic heterocycles. The Labute approximate surface area is 65.2 Å². The highest BCUT2D eigenvalue weighted by atomic mass is 32.1. The summed E-state index contributed by atoms with van der Waals surface area (Å²) in [5.74, 6) is -0.0278. The zero-order valence-electron chi connectivity index (χ0n) is 6.02. The van der Waals surface area contributed by atoms with E-state index in [2.05, 4.69) is 10.6 Å². The molecule has 1 aliphatic heterocycles. The Hall–Kier alpha value is -0.640. The van der Waals surface area contributed by atoms with Gasteiger partial charge in [0.25, 0.3) is 5.91 Å². The maximum Gasteiger partial charge on any atom is 0.251 e. The van der Waals surface area contributed by atoms with Crippen LogP contribution >= 0.6 is 12.2 Å². The van der Waals surface area contributed by atoms with E-state index in [4.69, 9.17) is 12.2 Å². The molecule has 4 heteroatoms. The van der Waals surface area contributed by atoms with E-state index in [-0.39, 0.29) is 5.91 Å². The predicted molar refractivity (Wildman–Crippen MR) is 42.6 cm³/mol. The second-order valence-electron chi connectivity index (χ2n) is 2.59. The topological polar surface area (TPSA) is 41.1 Å². The van der Waals surface area contributed by atoms with Gasteiger partial charge in [0.05, 0.1) is 0 Å². The molecule has 10 heavy (non-hydrogen) atoms. The summed E-state index contributed by atoms with van der Waals surface area (Å²) >= 11 is 4.77. The number of carbonyl (C=O) groups excluding carboxylic acids is 1. The smallest absolute Gasteiger partial charge is 0.251 e. The number of rotatable bonds is 1. The van der Waals surface area contributed by atoms with Gasteiger partial charge in [0.1, 0.15) is 5.54 Å². The van der Waals surface area contributed by atoms with Gasteiger partial charge in [0.15, 0.2) is 5.11 Å². The molecular weight excluding hydrogens is 148 g/mol. The summed E-state index contributed by atoms with van der Waals surface area (Å²) in [5, 5.41) is 5.88. The molecule has 0 aromatic carbocycles. The highest BCUT2D eigenvalue weighted by Crippen LogP contribution is 2.12. The number of hydrogen-bond acceptors (Lipinski definition) is 2. The van der Waals surface area contributed by atoms with Gasteiger partial charge in [0.2, 0.25) is 0 Å². The van der Waals surface area contributed by atoms with Crippen LogP contribution in [0.2, 0.25) is 0 Å². The number of nitrogens with one attached hydrogen (secondary N) is 2. The van der Waals surface area contributed by atoms with Crippen molar-refractivity contribution in [1.82, 2.24) is 10.6 Å². The lowest BCUT2D eigenvalue weighted by molar-refractivity contribution is -0.123. The Kier molecular flexibility index (Phi) is 1.64. The fraction of sp³-hybridized carbons (Fsp3) is 0.667. The van der Waals surface area contributed by atoms with Crippen molar-refractivity contribution in [3.8, 4) is 0 Å². The van der Waals surface area contributed by atoms with Crippen LogP contribution in [0.1, 0.15) is 20.3 Å². The van der Waals surface area contributed by atoms with Crippen molar-refractivity contribution in [3.05, 3.63) is 0 Å². The minimum Gasteiger partial charge on any atom is -0.348 e. The Morgan fingerprint density at radius 2 is 2.30 bits per heavy atom. The molecule has 0 aromatic rings. The zero-order valence-corrected chi connectivity index (χ0v) is 6.84. The van der Waals surface area contributed by atoms with Crippen molar-refractivity contribution in [2.75, 3.05) is 0 Å². The molecule has 56 valence electrons. The molecule has 1 fully saturated rings. The molecule has 1 aliphatic rings. The summed E-state index contributed by atoms with van der Waals surface area (Å²) in [6.45, 7) is 3.78. The minimum atomic E-state index is -0.475. The van der Waals surface area contributed by atoms with Crippen molar-refractivity contribution in [1.29, 1.82) is 0 Å². The van der Waals surface area contributed by atoms with E-state index in [9.17, 15) is 4.79 Å². The van der Waals surface area contributed by atoms with Crippen LogP contribution in [-0.4, -0.2) is 16.6 Å². The molecule has 0 aliphatic carbocycles. The van der Waals surface area contributed by atoms with E-state index in [0.717, 1.165) is 6.42 Å². The minimum absolute atomic E-state index is 0.0278. The van der Waals surface area contributed by atoms with Gasteiger partial charge in [0, 0.05) is 0 Å². The van der Waals surface area contributed by atoms with Gasteiger partial charge >= 0.3 is 0 Å². The second-order valence-corrected chi connectivity index (χ2v) is 3.00. The third kappa shape index (κ3) is 0.988. The third-order valence-electron chi connectivity index (χ3n) is 1.82. The fourth-order valence-corrected chi connectivity index (χ4v) is 1.15. The maximum atomic E-state index is 11.1. The quantitative estimate of drug-likeness (QED) is 0.534. The number of amides is 1. The van der Waals surface area contributed by atoms with Crippen molar-refractivity contribution < 1.29 is 4.79 Å². The summed E-state index contributed by atoms with van der Waals surface area (Å²) in [6.07, 6.45) is 0.749. The first-order chi connectivity index (χ1) is 4.58. The van der Waals surface area contributed by atoms with Crippen LogP contribution in [0.3, 0.4) is 0 Å². The maximum absolute atomic E-state index is 11.1. The Morgan fingerprint density at radius 3 is 2.50 bits per heavy atom. The molecule has 0 bridgehead atoms. The summed E-state index contributed by atoms with van der Waals surface area (Å²) in [6, 6.07) is 0. The molecule has 0 spiro atoms. The summed E-state index contributed by atoms with van der Waals surface area (Å²) in [5.41, 5.74) is -0.475. The van der Waals surface area contributed by atoms with Gasteiger partial charge < -0.3 is 10.6 Å². The second kappa shape index (κ2) is 2.20. The summed E-state index contributed by atoms with van der Waals surface area (Å²) in [4.78, 5) is 11.1. The van der Waals surface area contributed by atoms with Crippen LogP contribution in [0.15, 0.2) is 0 Å². The monoisotopic (exact) mass is 158 g/mol. The first kappa shape index (κ1) is 7.47. The van der Waals surface area contributed by atoms with E-state index < -0.39 is 5.54 Å². The molecular formula is C6H10N2OS. The lowest BCUT2D eigenvalue weighted by Gasteiger charge is -2.17. The molecule has 0 saturated carbocycles. The molecule has 3 nitrogen and oxygen atoms in total. The van der Waals surface area contributed by atoms with Gasteiger partial charge in [-0.2, -0.15) is 0 Å². The van der Waals surface area contributed by atoms with Crippen LogP contribution in [0, 0.1) is 0 Å². The van der Waals surface area contributed by atoms with Gasteiger partial charge in [-0.3, -0.25) is 4.79 Å². The summed E-state index contributed by atoms with van der Waals surface area (Å²) in [7, 11) is 0. The SMILES string of the molecule is CCC1(C)NC(=S)NC1=O. The molecule has 0 radical (unpaired) electrons. The first-order valence-electron chi connectivity index (χ1n) is 3.22. The van der Waals surface area contributed by atoms with E-state index in [0.29, 0.717) is 5.11 Å². The Morgan fingerprint density at radius 1 is 1.70 bits per heavy atom. The van der Waals surface area contributed by atoms with E-state index in [1.807, 2.05) is 13.8 Å². The lowest BCUT2D eigenvalue weighted by Crippen LogP contribution is -2.42. The van der Waals surface area contributed by atoms with Crippen LogP contribution in [-0.2, 0) is 4.79 Å². The number of hydrogen-bond donors (Lipinski definition) is 2. The van der Waals surface area contributed by atoms with E-state index in [1.54, 1.807) is 0 Å². The predicted octanol–water partition coefficient (Wildman–Crippen LogP) is 0.159. The van der Waals surface area contributed by atoms with Gasteiger partial charge in [-0.1, -0.05) is 6.92 Å². The van der Waals surface area contributed by atoms with Crippen molar-refractivity contribution in [2.24, 2.45) is 0 Å². The molecule has 1 saturated heterocycles. The molecule has 1 rings (SSSR count). The number of thiocarbonyl (C=S) groups is 1. The van der Waals surface area contributed by atoms with Gasteiger partial charge in [-0.15, -0.1) is 0 Å². The van der Waals surface area contributed by atoms with Crippen molar-refractivity contribution in [3.63, 3.8) is 0 Å². The largest absolute Gasteiger partial charge is 0.348 e. The average molecular weight is 158 g/mol. The standard InChI is InChI=1S/C6H10N2OS/c1-3-6(2)4(9)7-5(10)8-6/h3H2,1-2H3,(H2,7,8,9,10). The Balaban J connectivity index is 2.80. The fourth-order valence-electron chi connectivity index (χ4n) is 0.829. The molecule has 2 N–H and O–H groups in total. The van der Waals surface area contributed by atoms with E-state index in [1.165, 1.54) is 0 Å². The summed E-state index contributed by atoms with van der Waals surface area (Å²) < 4.78 is 0. The highest BCUT2D eigenvalue weighted by molar-refractivity contribution is 7.80. The van der Waals surface area contributed by atoms with Crippen LogP contribution in [0.5, 0.6) is 0 Å². The first-order valence-corrected chi connectivity index (χ1v) is 3.63. The van der Waals surface area contributed by atoms with Gasteiger partial charge in [-0.25, -0.2) is 0 Å². The molecule has 1 atom stereocenters. The highest BCUT2D eigenvalue weighted by Gasteiger charge is 2.37. The normalized spacial score (nSPS) is 31.8. The lowest BCUT2D eigenvalue weighted by atomic mass is 10.0. The molecule has 1 unspecified atom stereocenters. The Bertz CT molecular complexity index is 192. The molecule has 1 amide bonds. The van der Waals surface area contributed by atoms with Crippen molar-refractivity contribution >= 4 is 23.2 Å².